The Morgan fingerprint density at radius 2 is 2.25 bits per heavy atom. The molecule has 3 fully saturated rings. The summed E-state index contributed by atoms with van der Waals surface area (Å²) in [6.45, 7) is 5.04. The summed E-state index contributed by atoms with van der Waals surface area (Å²) in [6.07, 6.45) is 6.77. The van der Waals surface area contributed by atoms with E-state index in [0.717, 1.165) is 35.2 Å². The van der Waals surface area contributed by atoms with Crippen molar-refractivity contribution in [1.29, 1.82) is 0 Å². The number of aliphatic hydroxyl groups excluding tert-OH is 1. The first kappa shape index (κ1) is 15.6. The lowest BCUT2D eigenvalue weighted by molar-refractivity contribution is -0.0473. The van der Waals surface area contributed by atoms with E-state index in [2.05, 4.69) is 16.5 Å². The summed E-state index contributed by atoms with van der Waals surface area (Å²) in [6, 6.07) is 8.31. The molecule has 4 nitrogen and oxygen atoms in total. The molecule has 0 spiro atoms. The summed E-state index contributed by atoms with van der Waals surface area (Å²) < 4.78 is 5.35. The second kappa shape index (κ2) is 6.19. The Labute approximate surface area is 142 Å². The summed E-state index contributed by atoms with van der Waals surface area (Å²) in [5.74, 6) is 1.48. The Kier molecular flexibility index (Phi) is 4.02. The van der Waals surface area contributed by atoms with Gasteiger partial charge in [-0.05, 0) is 61.6 Å². The third-order valence-corrected chi connectivity index (χ3v) is 5.73. The monoisotopic (exact) mass is 324 g/mol. The van der Waals surface area contributed by atoms with E-state index >= 15 is 0 Å². The van der Waals surface area contributed by atoms with Crippen LogP contribution in [0.15, 0.2) is 43.1 Å². The van der Waals surface area contributed by atoms with Crippen LogP contribution >= 0.6 is 0 Å². The number of rotatable bonds is 4. The van der Waals surface area contributed by atoms with Crippen molar-refractivity contribution in [2.75, 3.05) is 13.7 Å². The summed E-state index contributed by atoms with van der Waals surface area (Å²) in [7, 11) is 1.66. The molecule has 3 saturated heterocycles. The van der Waals surface area contributed by atoms with Gasteiger partial charge in [-0.3, -0.25) is 9.88 Å². The second-order valence-corrected chi connectivity index (χ2v) is 6.96. The van der Waals surface area contributed by atoms with Crippen LogP contribution in [0.25, 0.3) is 10.9 Å². The molecule has 24 heavy (non-hydrogen) atoms. The number of aliphatic hydroxyl groups is 1. The average Bonchev–Trinajstić information content (AvgIpc) is 2.66. The average molecular weight is 324 g/mol. The Morgan fingerprint density at radius 1 is 1.38 bits per heavy atom. The fourth-order valence-electron chi connectivity index (χ4n) is 4.48. The van der Waals surface area contributed by atoms with Crippen LogP contribution in [0.3, 0.4) is 0 Å². The third kappa shape index (κ3) is 2.50. The molecule has 1 unspecified atom stereocenters. The number of ether oxygens (including phenoxy) is 1. The molecule has 1 aromatic carbocycles. The zero-order chi connectivity index (χ0) is 16.7. The van der Waals surface area contributed by atoms with Crippen LogP contribution in [0.4, 0.5) is 0 Å². The van der Waals surface area contributed by atoms with Crippen molar-refractivity contribution in [2.24, 2.45) is 5.92 Å². The smallest absolute Gasteiger partial charge is 0.119 e. The molecule has 5 atom stereocenters. The van der Waals surface area contributed by atoms with Crippen LogP contribution in [-0.4, -0.2) is 40.7 Å². The number of aromatic nitrogens is 1. The van der Waals surface area contributed by atoms with Gasteiger partial charge in [-0.1, -0.05) is 6.08 Å². The van der Waals surface area contributed by atoms with Crippen LogP contribution in [0.5, 0.6) is 5.75 Å². The van der Waals surface area contributed by atoms with Gasteiger partial charge in [0.15, 0.2) is 0 Å². The molecule has 4 heteroatoms. The highest BCUT2D eigenvalue weighted by Gasteiger charge is 2.42. The fraction of sp³-hybridized carbons (Fsp3) is 0.450. The molecule has 0 aliphatic carbocycles. The highest BCUT2D eigenvalue weighted by atomic mass is 16.5. The highest BCUT2D eigenvalue weighted by molar-refractivity contribution is 5.83. The molecule has 0 saturated carbocycles. The molecule has 3 aliphatic rings. The van der Waals surface area contributed by atoms with Crippen LogP contribution in [0, 0.1) is 5.92 Å². The molecule has 4 heterocycles. The maximum Gasteiger partial charge on any atom is 0.119 e. The molecule has 3 aliphatic heterocycles. The van der Waals surface area contributed by atoms with E-state index in [1.54, 1.807) is 13.3 Å². The number of hydrogen-bond acceptors (Lipinski definition) is 4. The maximum atomic E-state index is 11.2. The second-order valence-electron chi connectivity index (χ2n) is 6.96. The molecule has 5 rings (SSSR count). The van der Waals surface area contributed by atoms with Crippen LogP contribution < -0.4 is 4.74 Å². The molecular formula is C20H24N2O2. The molecular weight excluding hydrogens is 300 g/mol. The SMILES string of the molecule is C=C[C@H]1C[C@@H]2CCN1[C@H]([C@@H](O)c1ccnc3ccc(OC)cc13)C2. The van der Waals surface area contributed by atoms with Crippen molar-refractivity contribution in [1.82, 2.24) is 9.88 Å². The predicted octanol–water partition coefficient (Wildman–Crippen LogP) is 3.32. The van der Waals surface area contributed by atoms with E-state index in [-0.39, 0.29) is 6.04 Å². The molecule has 0 amide bonds. The van der Waals surface area contributed by atoms with E-state index in [9.17, 15) is 5.11 Å². The molecule has 0 radical (unpaired) electrons. The lowest BCUT2D eigenvalue weighted by atomic mass is 9.76. The summed E-state index contributed by atoms with van der Waals surface area (Å²) in [5.41, 5.74) is 1.84. The topological polar surface area (TPSA) is 45.6 Å². The van der Waals surface area contributed by atoms with Crippen molar-refractivity contribution >= 4 is 10.9 Å². The Hall–Kier alpha value is -1.91. The van der Waals surface area contributed by atoms with Gasteiger partial charge < -0.3 is 9.84 Å². The van der Waals surface area contributed by atoms with Gasteiger partial charge >= 0.3 is 0 Å². The predicted molar refractivity (Wildman–Crippen MR) is 95.1 cm³/mol. The minimum atomic E-state index is -0.520. The minimum absolute atomic E-state index is 0.150. The van der Waals surface area contributed by atoms with Gasteiger partial charge in [0.05, 0.1) is 18.7 Å². The van der Waals surface area contributed by atoms with E-state index in [0.29, 0.717) is 12.0 Å². The summed E-state index contributed by atoms with van der Waals surface area (Å²) in [5, 5.41) is 12.2. The van der Waals surface area contributed by atoms with Crippen LogP contribution in [0.1, 0.15) is 30.9 Å². The standard InChI is InChI=1S/C20H24N2O2/c1-3-14-10-13-7-9-22(14)19(11-13)20(23)16-6-8-21-18-5-4-15(24-2)12-17(16)18/h3-6,8,12-14,19-20,23H,1,7,9-11H2,2H3/t13-,14-,19-,20-/m0/s1. The quantitative estimate of drug-likeness (QED) is 0.877. The van der Waals surface area contributed by atoms with Crippen molar-refractivity contribution in [3.63, 3.8) is 0 Å². The lowest BCUT2D eigenvalue weighted by Gasteiger charge is -2.51. The summed E-state index contributed by atoms with van der Waals surface area (Å²) >= 11 is 0. The van der Waals surface area contributed by atoms with Crippen molar-refractivity contribution in [3.8, 4) is 5.75 Å². The molecule has 1 aromatic heterocycles. The van der Waals surface area contributed by atoms with Gasteiger partial charge in [-0.2, -0.15) is 0 Å². The first-order valence-corrected chi connectivity index (χ1v) is 8.70. The van der Waals surface area contributed by atoms with E-state index in [4.69, 9.17) is 4.74 Å². The number of methoxy groups -OCH3 is 1. The van der Waals surface area contributed by atoms with Gasteiger partial charge in [0, 0.05) is 23.7 Å². The van der Waals surface area contributed by atoms with Crippen molar-refractivity contribution in [2.45, 2.75) is 37.5 Å². The molecule has 1 N–H and O–H groups in total. The van der Waals surface area contributed by atoms with Crippen LogP contribution in [0.2, 0.25) is 0 Å². The van der Waals surface area contributed by atoms with Crippen molar-refractivity contribution in [3.05, 3.63) is 48.7 Å². The Morgan fingerprint density at radius 3 is 3.00 bits per heavy atom. The fourth-order valence-corrected chi connectivity index (χ4v) is 4.48. The highest BCUT2D eigenvalue weighted by Crippen LogP contribution is 2.42. The summed E-state index contributed by atoms with van der Waals surface area (Å²) in [4.78, 5) is 6.86. The third-order valence-electron chi connectivity index (χ3n) is 5.73. The largest absolute Gasteiger partial charge is 0.497 e. The van der Waals surface area contributed by atoms with Crippen LogP contribution in [-0.2, 0) is 0 Å². The Balaban J connectivity index is 1.73. The molecule has 126 valence electrons. The number of nitrogens with zero attached hydrogens (tertiary/aromatic N) is 2. The van der Waals surface area contributed by atoms with Gasteiger partial charge in [-0.25, -0.2) is 0 Å². The lowest BCUT2D eigenvalue weighted by Crippen LogP contribution is -2.55. The molecule has 2 aromatic rings. The van der Waals surface area contributed by atoms with Gasteiger partial charge in [0.2, 0.25) is 0 Å². The zero-order valence-electron chi connectivity index (χ0n) is 14.1. The first-order valence-electron chi connectivity index (χ1n) is 8.70. The molecule has 2 bridgehead atoms. The van der Waals surface area contributed by atoms with E-state index in [1.165, 1.54) is 12.8 Å². The van der Waals surface area contributed by atoms with Gasteiger partial charge in [0.1, 0.15) is 5.75 Å². The Bertz CT molecular complexity index is 760. The number of piperidine rings is 3. The van der Waals surface area contributed by atoms with Gasteiger partial charge in [0.25, 0.3) is 0 Å². The van der Waals surface area contributed by atoms with Gasteiger partial charge in [-0.15, -0.1) is 6.58 Å². The van der Waals surface area contributed by atoms with Crippen molar-refractivity contribution < 1.29 is 9.84 Å². The minimum Gasteiger partial charge on any atom is -0.497 e. The number of pyridine rings is 1. The number of fused-ring (bicyclic) bond motifs is 4. The first-order chi connectivity index (χ1) is 11.7. The normalized spacial score (nSPS) is 30.2. The number of benzene rings is 1. The van der Waals surface area contributed by atoms with E-state index in [1.807, 2.05) is 30.3 Å². The maximum absolute atomic E-state index is 11.2. The number of hydrogen-bond donors (Lipinski definition) is 1. The van der Waals surface area contributed by atoms with E-state index < -0.39 is 6.10 Å². The zero-order valence-corrected chi connectivity index (χ0v) is 14.1.